The third-order valence-corrected chi connectivity index (χ3v) is 3.87. The topological polar surface area (TPSA) is 46.3 Å². The summed E-state index contributed by atoms with van der Waals surface area (Å²) in [6, 6.07) is 4.43. The predicted molar refractivity (Wildman–Crippen MR) is 73.2 cm³/mol. The highest BCUT2D eigenvalue weighted by Crippen LogP contribution is 2.33. The largest absolute Gasteiger partial charge is 0.341 e. The van der Waals surface area contributed by atoms with Crippen LogP contribution in [-0.2, 0) is 11.3 Å². The third-order valence-electron chi connectivity index (χ3n) is 3.52. The van der Waals surface area contributed by atoms with E-state index in [0.717, 1.165) is 12.8 Å². The zero-order valence-corrected chi connectivity index (χ0v) is 11.7. The van der Waals surface area contributed by atoms with E-state index in [1.54, 1.807) is 19.2 Å². The Bertz CT molecular complexity index is 456. The Morgan fingerprint density at radius 1 is 1.58 bits per heavy atom. The molecule has 0 radical (unpaired) electrons. The number of hydrogen-bond donors (Lipinski definition) is 1. The molecular formula is C14H18ClFN2O. The van der Waals surface area contributed by atoms with Crippen molar-refractivity contribution in [1.29, 1.82) is 0 Å². The fourth-order valence-corrected chi connectivity index (χ4v) is 2.28. The van der Waals surface area contributed by atoms with Crippen LogP contribution >= 0.6 is 11.6 Å². The lowest BCUT2D eigenvalue weighted by Crippen LogP contribution is -2.34. The Hall–Kier alpha value is -1.13. The van der Waals surface area contributed by atoms with Gasteiger partial charge in [-0.25, -0.2) is 4.39 Å². The molecule has 1 aliphatic carbocycles. The molecule has 0 heterocycles. The molecule has 0 bridgehead atoms. The summed E-state index contributed by atoms with van der Waals surface area (Å²) < 4.78 is 13.6. The summed E-state index contributed by atoms with van der Waals surface area (Å²) in [5.41, 5.74) is 6.27. The quantitative estimate of drug-likeness (QED) is 0.903. The summed E-state index contributed by atoms with van der Waals surface area (Å²) in [5, 5.41) is 0.339. The number of benzene rings is 1. The average molecular weight is 285 g/mol. The summed E-state index contributed by atoms with van der Waals surface area (Å²) >= 11 is 5.94. The van der Waals surface area contributed by atoms with E-state index in [1.807, 2.05) is 0 Å². The van der Waals surface area contributed by atoms with Gasteiger partial charge in [-0.3, -0.25) is 4.79 Å². The van der Waals surface area contributed by atoms with Gasteiger partial charge in [-0.2, -0.15) is 0 Å². The van der Waals surface area contributed by atoms with E-state index >= 15 is 0 Å². The van der Waals surface area contributed by atoms with E-state index in [2.05, 4.69) is 0 Å². The molecule has 1 fully saturated rings. The third kappa shape index (κ3) is 3.67. The van der Waals surface area contributed by atoms with Crippen LogP contribution in [-0.4, -0.2) is 23.9 Å². The lowest BCUT2D eigenvalue weighted by Gasteiger charge is -2.20. The first-order valence-electron chi connectivity index (χ1n) is 6.41. The number of halogens is 2. The normalized spacial score (nSPS) is 16.2. The van der Waals surface area contributed by atoms with Crippen molar-refractivity contribution < 1.29 is 9.18 Å². The molecule has 0 aliphatic heterocycles. The van der Waals surface area contributed by atoms with E-state index in [1.165, 1.54) is 11.0 Å². The monoisotopic (exact) mass is 284 g/mol. The molecule has 104 valence electrons. The summed E-state index contributed by atoms with van der Waals surface area (Å²) in [6.45, 7) is 0.168. The van der Waals surface area contributed by atoms with Gasteiger partial charge in [0.2, 0.25) is 5.91 Å². The van der Waals surface area contributed by atoms with Crippen molar-refractivity contribution in [3.63, 3.8) is 0 Å². The van der Waals surface area contributed by atoms with Crippen LogP contribution in [0.3, 0.4) is 0 Å². The van der Waals surface area contributed by atoms with Gasteiger partial charge < -0.3 is 10.6 Å². The summed E-state index contributed by atoms with van der Waals surface area (Å²) in [5.74, 6) is 0.0201. The molecule has 0 saturated heterocycles. The number of carbonyl (C=O) groups excluding carboxylic acids is 1. The van der Waals surface area contributed by atoms with Gasteiger partial charge in [0.1, 0.15) is 5.82 Å². The predicted octanol–water partition coefficient (Wildman–Crippen LogP) is 2.56. The van der Waals surface area contributed by atoms with Crippen LogP contribution in [0.5, 0.6) is 0 Å². The molecule has 19 heavy (non-hydrogen) atoms. The van der Waals surface area contributed by atoms with Crippen LogP contribution < -0.4 is 5.73 Å². The molecule has 1 aromatic rings. The van der Waals surface area contributed by atoms with Gasteiger partial charge in [0.05, 0.1) is 0 Å². The van der Waals surface area contributed by atoms with Crippen LogP contribution in [0.2, 0.25) is 5.02 Å². The molecule has 1 aliphatic rings. The molecule has 1 atom stereocenters. The SMILES string of the molecule is CN(Cc1c(F)cccc1Cl)C(=O)CC(N)C1CC1. The average Bonchev–Trinajstić information content (AvgIpc) is 3.17. The summed E-state index contributed by atoms with van der Waals surface area (Å²) in [7, 11) is 1.64. The highest BCUT2D eigenvalue weighted by atomic mass is 35.5. The summed E-state index contributed by atoms with van der Waals surface area (Å²) in [6.07, 6.45) is 2.53. The second-order valence-corrected chi connectivity index (χ2v) is 5.56. The van der Waals surface area contributed by atoms with Gasteiger partial charge in [0.15, 0.2) is 0 Å². The van der Waals surface area contributed by atoms with E-state index in [0.29, 0.717) is 22.9 Å². The first-order chi connectivity index (χ1) is 8.99. The van der Waals surface area contributed by atoms with Crippen molar-refractivity contribution in [3.8, 4) is 0 Å². The molecule has 5 heteroatoms. The highest BCUT2D eigenvalue weighted by Gasteiger charge is 2.30. The molecule has 1 aromatic carbocycles. The highest BCUT2D eigenvalue weighted by molar-refractivity contribution is 6.31. The molecule has 0 spiro atoms. The molecule has 1 amide bonds. The minimum absolute atomic E-state index is 0.0706. The first-order valence-corrected chi connectivity index (χ1v) is 6.79. The fraction of sp³-hybridized carbons (Fsp3) is 0.500. The lowest BCUT2D eigenvalue weighted by atomic mass is 10.1. The van der Waals surface area contributed by atoms with Gasteiger partial charge in [-0.05, 0) is 30.9 Å². The maximum atomic E-state index is 13.6. The van der Waals surface area contributed by atoms with Gasteiger partial charge in [0.25, 0.3) is 0 Å². The van der Waals surface area contributed by atoms with E-state index in [9.17, 15) is 9.18 Å². The van der Waals surface area contributed by atoms with Gasteiger partial charge in [-0.15, -0.1) is 0 Å². The standard InChI is InChI=1S/C14H18ClFN2O/c1-18(14(19)7-13(17)9-5-6-9)8-10-11(15)3-2-4-12(10)16/h2-4,9,13H,5-8,17H2,1H3. The van der Waals surface area contributed by atoms with Crippen LogP contribution in [0.4, 0.5) is 4.39 Å². The number of carbonyl (C=O) groups is 1. The Balaban J connectivity index is 1.96. The second-order valence-electron chi connectivity index (χ2n) is 5.16. The van der Waals surface area contributed by atoms with E-state index < -0.39 is 5.82 Å². The minimum atomic E-state index is -0.390. The Morgan fingerprint density at radius 3 is 2.84 bits per heavy atom. The second kappa shape index (κ2) is 5.88. The van der Waals surface area contributed by atoms with Crippen LogP contribution in [0.15, 0.2) is 18.2 Å². The smallest absolute Gasteiger partial charge is 0.224 e. The summed E-state index contributed by atoms with van der Waals surface area (Å²) in [4.78, 5) is 13.5. The first kappa shape index (κ1) is 14.3. The van der Waals surface area contributed by atoms with Crippen LogP contribution in [0, 0.1) is 11.7 Å². The van der Waals surface area contributed by atoms with Crippen molar-refractivity contribution in [3.05, 3.63) is 34.6 Å². The zero-order valence-electron chi connectivity index (χ0n) is 10.9. The molecule has 2 rings (SSSR count). The minimum Gasteiger partial charge on any atom is -0.341 e. The lowest BCUT2D eigenvalue weighted by molar-refractivity contribution is -0.130. The van der Waals surface area contributed by atoms with Gasteiger partial charge >= 0.3 is 0 Å². The molecule has 1 saturated carbocycles. The molecule has 0 aromatic heterocycles. The van der Waals surface area contributed by atoms with Crippen molar-refractivity contribution in [2.45, 2.75) is 31.8 Å². The van der Waals surface area contributed by atoms with E-state index in [4.69, 9.17) is 17.3 Å². The number of rotatable bonds is 5. The molecule has 3 nitrogen and oxygen atoms in total. The maximum Gasteiger partial charge on any atom is 0.224 e. The van der Waals surface area contributed by atoms with Crippen LogP contribution in [0.1, 0.15) is 24.8 Å². The molecular weight excluding hydrogens is 267 g/mol. The van der Waals surface area contributed by atoms with Crippen molar-refractivity contribution in [1.82, 2.24) is 4.90 Å². The van der Waals surface area contributed by atoms with Gasteiger partial charge in [0, 0.05) is 36.6 Å². The molecule has 2 N–H and O–H groups in total. The fourth-order valence-electron chi connectivity index (χ4n) is 2.06. The van der Waals surface area contributed by atoms with Gasteiger partial charge in [-0.1, -0.05) is 17.7 Å². The molecule has 1 unspecified atom stereocenters. The Morgan fingerprint density at radius 2 is 2.26 bits per heavy atom. The maximum absolute atomic E-state index is 13.6. The Labute approximate surface area is 117 Å². The van der Waals surface area contributed by atoms with Crippen molar-refractivity contribution in [2.24, 2.45) is 11.7 Å². The Kier molecular flexibility index (Phi) is 4.42. The van der Waals surface area contributed by atoms with Crippen molar-refractivity contribution >= 4 is 17.5 Å². The zero-order chi connectivity index (χ0) is 14.0. The van der Waals surface area contributed by atoms with E-state index in [-0.39, 0.29) is 18.5 Å². The van der Waals surface area contributed by atoms with Crippen molar-refractivity contribution in [2.75, 3.05) is 7.05 Å². The van der Waals surface area contributed by atoms with Crippen LogP contribution in [0.25, 0.3) is 0 Å². The number of amides is 1. The number of hydrogen-bond acceptors (Lipinski definition) is 2. The number of nitrogens with zero attached hydrogens (tertiary/aromatic N) is 1. The number of nitrogens with two attached hydrogens (primary N) is 1.